The van der Waals surface area contributed by atoms with E-state index in [0.29, 0.717) is 17.5 Å². The minimum atomic E-state index is -0.0565. The quantitative estimate of drug-likeness (QED) is 0.142. The first kappa shape index (κ1) is 44.2. The summed E-state index contributed by atoms with van der Waals surface area (Å²) >= 11 is 0. The van der Waals surface area contributed by atoms with Gasteiger partial charge in [-0.05, 0) is 176 Å². The lowest BCUT2D eigenvalue weighted by Gasteiger charge is -2.26. The fourth-order valence-electron chi connectivity index (χ4n) is 11.6. The van der Waals surface area contributed by atoms with Gasteiger partial charge in [-0.3, -0.25) is 0 Å². The second kappa shape index (κ2) is 17.9. The summed E-state index contributed by atoms with van der Waals surface area (Å²) in [6.45, 7) is 4.65. The average molecular weight is 956 g/mol. The summed E-state index contributed by atoms with van der Waals surface area (Å²) in [4.78, 5) is 16.3. The van der Waals surface area contributed by atoms with Crippen LogP contribution in [0.25, 0.3) is 134 Å². The minimum absolute atomic E-state index is 0.0565. The summed E-state index contributed by atoms with van der Waals surface area (Å²) in [5.41, 5.74) is 16.4. The smallest absolute Gasteiger partial charge is 0.164 e. The molecule has 3 nitrogen and oxygen atoms in total. The first-order valence-corrected chi connectivity index (χ1v) is 25.8. The molecule has 12 aromatic rings. The lowest BCUT2D eigenvalue weighted by atomic mass is 9.77. The highest BCUT2D eigenvalue weighted by atomic mass is 15.0. The number of allylic oxidation sites excluding steroid dienone is 4. The summed E-state index contributed by atoms with van der Waals surface area (Å²) in [6, 6.07) is 85.1. The van der Waals surface area contributed by atoms with Crippen LogP contribution in [0, 0.1) is 5.41 Å². The van der Waals surface area contributed by atoms with Crippen molar-refractivity contribution in [2.45, 2.75) is 13.8 Å². The molecule has 0 unspecified atom stereocenters. The Balaban J connectivity index is 0.962. The van der Waals surface area contributed by atoms with Crippen molar-refractivity contribution in [2.75, 3.05) is 0 Å². The van der Waals surface area contributed by atoms with Crippen LogP contribution in [0.15, 0.2) is 260 Å². The van der Waals surface area contributed by atoms with E-state index >= 15 is 0 Å². The van der Waals surface area contributed by atoms with Gasteiger partial charge in [0, 0.05) is 22.1 Å². The number of fused-ring (bicyclic) bond motifs is 8. The Kier molecular flexibility index (Phi) is 10.5. The third-order valence-electron chi connectivity index (χ3n) is 15.2. The Hall–Kier alpha value is -9.57. The standard InChI is InChI=1S/C72H49N3/c1-72(2)34-18-29-52-36-58-44-66-62-31-16-15-30-61(62)65-43-51(32-33-63(65)67(66)45-64(58)68(52)72)50-27-17-28-53(35-50)69-73-70(59-39-54(46-19-7-3-8-20-46)37-55(40-59)47-21-9-4-10-22-47)75-71(74-69)60-41-56(48-23-11-5-12-24-48)38-57(42-60)49-25-13-6-14-26-49/h3-45H,1-2H3. The maximum Gasteiger partial charge on any atom is 0.164 e. The van der Waals surface area contributed by atoms with Gasteiger partial charge in [0.15, 0.2) is 17.5 Å². The average Bonchev–Trinajstić information content (AvgIpc) is 3.92. The van der Waals surface area contributed by atoms with E-state index in [-0.39, 0.29) is 5.41 Å². The van der Waals surface area contributed by atoms with Crippen LogP contribution in [0.3, 0.4) is 0 Å². The molecule has 14 rings (SSSR count). The van der Waals surface area contributed by atoms with E-state index in [0.717, 1.165) is 72.3 Å². The van der Waals surface area contributed by atoms with E-state index in [9.17, 15) is 0 Å². The van der Waals surface area contributed by atoms with Gasteiger partial charge in [-0.25, -0.2) is 15.0 Å². The van der Waals surface area contributed by atoms with E-state index in [4.69, 9.17) is 15.0 Å². The molecule has 0 atom stereocenters. The van der Waals surface area contributed by atoms with Crippen LogP contribution in [0.2, 0.25) is 0 Å². The van der Waals surface area contributed by atoms with Crippen molar-refractivity contribution in [1.82, 2.24) is 15.0 Å². The van der Waals surface area contributed by atoms with Crippen LogP contribution in [-0.4, -0.2) is 15.0 Å². The van der Waals surface area contributed by atoms with E-state index in [2.05, 4.69) is 275 Å². The molecule has 1 heterocycles. The van der Waals surface area contributed by atoms with E-state index < -0.39 is 0 Å². The monoisotopic (exact) mass is 955 g/mol. The highest BCUT2D eigenvalue weighted by Gasteiger charge is 2.28. The number of hydrogen-bond donors (Lipinski definition) is 0. The maximum absolute atomic E-state index is 5.43. The first-order chi connectivity index (χ1) is 36.9. The van der Waals surface area contributed by atoms with Gasteiger partial charge in [-0.15, -0.1) is 0 Å². The molecule has 0 aliphatic heterocycles. The summed E-state index contributed by atoms with van der Waals surface area (Å²) in [5.74, 6) is 1.80. The topological polar surface area (TPSA) is 38.7 Å². The van der Waals surface area contributed by atoms with E-state index in [1.54, 1.807) is 0 Å². The predicted molar refractivity (Wildman–Crippen MR) is 314 cm³/mol. The second-order valence-electron chi connectivity index (χ2n) is 20.5. The number of nitrogens with zero attached hydrogens (tertiary/aromatic N) is 3. The predicted octanol–water partition coefficient (Wildman–Crippen LogP) is 17.1. The van der Waals surface area contributed by atoms with E-state index in [1.165, 1.54) is 53.9 Å². The van der Waals surface area contributed by atoms with Gasteiger partial charge < -0.3 is 0 Å². The van der Waals surface area contributed by atoms with Gasteiger partial charge in [0.1, 0.15) is 0 Å². The Morgan fingerprint density at radius 1 is 0.293 bits per heavy atom. The zero-order chi connectivity index (χ0) is 50.0. The summed E-state index contributed by atoms with van der Waals surface area (Å²) < 4.78 is 0. The highest BCUT2D eigenvalue weighted by Crippen LogP contribution is 2.42. The lowest BCUT2D eigenvalue weighted by molar-refractivity contribution is 0.644. The van der Waals surface area contributed by atoms with Crippen molar-refractivity contribution in [2.24, 2.45) is 5.41 Å². The van der Waals surface area contributed by atoms with Crippen molar-refractivity contribution in [3.8, 4) is 89.8 Å². The fourth-order valence-corrected chi connectivity index (χ4v) is 11.6. The Morgan fingerprint density at radius 2 is 0.680 bits per heavy atom. The SMILES string of the molecule is CC1(C)C=CC=C2C=c3cc4c5ccccc5c5cc(-c6cccc(-c7nc(-c8cc(-c9ccccc9)cc(-c9ccccc9)c8)nc(-c8cc(-c9ccccc9)cc(-c9ccccc9)c8)n7)c6)ccc5c4cc3=C21. The molecule has 352 valence electrons. The molecule has 0 radical (unpaired) electrons. The number of aromatic nitrogens is 3. The molecule has 0 fully saturated rings. The van der Waals surface area contributed by atoms with E-state index in [1.807, 2.05) is 0 Å². The molecular weight excluding hydrogens is 907 g/mol. The molecule has 0 amide bonds. The largest absolute Gasteiger partial charge is 0.208 e. The molecule has 0 bridgehead atoms. The van der Waals surface area contributed by atoms with Gasteiger partial charge in [-0.1, -0.05) is 208 Å². The molecule has 0 saturated heterocycles. The first-order valence-electron chi connectivity index (χ1n) is 25.8. The molecule has 0 N–H and O–H groups in total. The van der Waals surface area contributed by atoms with Gasteiger partial charge in [0.25, 0.3) is 0 Å². The molecule has 2 aliphatic rings. The zero-order valence-electron chi connectivity index (χ0n) is 41.7. The van der Waals surface area contributed by atoms with Gasteiger partial charge in [0.2, 0.25) is 0 Å². The normalized spacial score (nSPS) is 13.4. The van der Waals surface area contributed by atoms with Crippen molar-refractivity contribution in [3.63, 3.8) is 0 Å². The second-order valence-corrected chi connectivity index (χ2v) is 20.5. The minimum Gasteiger partial charge on any atom is -0.208 e. The maximum atomic E-state index is 5.43. The molecule has 2 aliphatic carbocycles. The Morgan fingerprint density at radius 3 is 1.20 bits per heavy atom. The molecule has 0 spiro atoms. The van der Waals surface area contributed by atoms with Crippen LogP contribution in [0.1, 0.15) is 13.8 Å². The zero-order valence-corrected chi connectivity index (χ0v) is 41.7. The van der Waals surface area contributed by atoms with Crippen LogP contribution >= 0.6 is 0 Å². The lowest BCUT2D eigenvalue weighted by Crippen LogP contribution is -2.27. The molecule has 11 aromatic carbocycles. The third-order valence-corrected chi connectivity index (χ3v) is 15.2. The highest BCUT2D eigenvalue weighted by molar-refractivity contribution is 6.26. The van der Waals surface area contributed by atoms with Crippen LogP contribution in [0.5, 0.6) is 0 Å². The van der Waals surface area contributed by atoms with Gasteiger partial charge in [0.05, 0.1) is 0 Å². The van der Waals surface area contributed by atoms with Gasteiger partial charge >= 0.3 is 0 Å². The van der Waals surface area contributed by atoms with Gasteiger partial charge in [-0.2, -0.15) is 0 Å². The number of rotatable bonds is 8. The Bertz CT molecular complexity index is 4200. The van der Waals surface area contributed by atoms with Crippen molar-refractivity contribution >= 4 is 44.0 Å². The van der Waals surface area contributed by atoms with Crippen molar-refractivity contribution in [1.29, 1.82) is 0 Å². The molecule has 1 aromatic heterocycles. The summed E-state index contributed by atoms with van der Waals surface area (Å²) in [7, 11) is 0. The number of hydrogen-bond acceptors (Lipinski definition) is 3. The van der Waals surface area contributed by atoms with Crippen molar-refractivity contribution in [3.05, 3.63) is 271 Å². The van der Waals surface area contributed by atoms with Crippen LogP contribution in [0.4, 0.5) is 0 Å². The van der Waals surface area contributed by atoms with Crippen LogP contribution < -0.4 is 10.4 Å². The fraction of sp³-hybridized carbons (Fsp3) is 0.0417. The summed E-state index contributed by atoms with van der Waals surface area (Å²) in [6.07, 6.45) is 9.17. The molecule has 3 heteroatoms. The summed E-state index contributed by atoms with van der Waals surface area (Å²) in [5, 5.41) is 10.2. The Labute approximate surface area is 436 Å². The molecule has 75 heavy (non-hydrogen) atoms. The third kappa shape index (κ3) is 7.98. The van der Waals surface area contributed by atoms with Crippen molar-refractivity contribution < 1.29 is 0 Å². The molecule has 0 saturated carbocycles. The molecular formula is C72H49N3. The number of benzene rings is 11. The van der Waals surface area contributed by atoms with Crippen LogP contribution in [-0.2, 0) is 0 Å².